The molecule has 5 aliphatic rings. The number of rotatable bonds is 8. The van der Waals surface area contributed by atoms with Gasteiger partial charge in [0.2, 0.25) is 0 Å². The summed E-state index contributed by atoms with van der Waals surface area (Å²) in [6.45, 7) is 4.18. The number of pyridine rings is 8. The molecule has 0 aliphatic carbocycles. The summed E-state index contributed by atoms with van der Waals surface area (Å²) in [5.41, 5.74) is 36.9. The van der Waals surface area contributed by atoms with Crippen LogP contribution in [0.25, 0.3) is 110 Å². The molecule has 0 amide bonds. The minimum absolute atomic E-state index is 0.454. The number of hydrogen-bond donors (Lipinski definition) is 0. The Labute approximate surface area is 853 Å². The molecule has 31 rings (SSSR count). The smallest absolute Gasteiger partial charge is 0.151 e. The van der Waals surface area contributed by atoms with Crippen molar-refractivity contribution in [1.29, 1.82) is 0 Å². The summed E-state index contributed by atoms with van der Waals surface area (Å²) in [5.74, 6) is 3.40. The van der Waals surface area contributed by atoms with Gasteiger partial charge in [-0.05, 0) is 314 Å². The molecule has 0 saturated heterocycles. The van der Waals surface area contributed by atoms with Crippen LogP contribution in [0.4, 0.5) is 68.2 Å². The van der Waals surface area contributed by atoms with Crippen LogP contribution in [0, 0.1) is 13.8 Å². The molecule has 1 spiro atoms. The molecule has 147 heavy (non-hydrogen) atoms. The van der Waals surface area contributed by atoms with E-state index in [1.54, 1.807) is 18.6 Å². The minimum atomic E-state index is -0.454. The summed E-state index contributed by atoms with van der Waals surface area (Å²) in [7, 11) is 0. The third kappa shape index (κ3) is 14.1. The van der Waals surface area contributed by atoms with Crippen LogP contribution in [0.1, 0.15) is 33.4 Å². The predicted molar refractivity (Wildman–Crippen MR) is 594 cm³/mol. The van der Waals surface area contributed by atoms with E-state index in [2.05, 4.69) is 387 Å². The van der Waals surface area contributed by atoms with Crippen molar-refractivity contribution in [2.24, 2.45) is 0 Å². The van der Waals surface area contributed by atoms with Crippen LogP contribution in [0.2, 0.25) is 0 Å². The summed E-state index contributed by atoms with van der Waals surface area (Å²) in [6, 6.07) is 141. The first-order chi connectivity index (χ1) is 72.8. The monoisotopic (exact) mass is 1930 g/mol. The predicted octanol–water partition coefficient (Wildman–Crippen LogP) is 32.6. The molecule has 0 bridgehead atoms. The number of para-hydroxylation sites is 8. The van der Waals surface area contributed by atoms with Crippen LogP contribution < -0.4 is 29.1 Å². The number of hydrogen-bond acceptors (Lipinski definition) is 16. The summed E-state index contributed by atoms with van der Waals surface area (Å²) in [6.07, 6.45) is 22.2. The van der Waals surface area contributed by atoms with Crippen molar-refractivity contribution in [2.75, 3.05) is 19.6 Å². The van der Waals surface area contributed by atoms with Crippen molar-refractivity contribution >= 4 is 180 Å². The highest BCUT2D eigenvalue weighted by Crippen LogP contribution is 2.64. The number of nitrogens with zero attached hydrogens (tertiary/aromatic N) is 16. The first-order valence-electron chi connectivity index (χ1n) is 48.8. The van der Waals surface area contributed by atoms with Gasteiger partial charge in [-0.25, -0.2) is 0 Å². The molecular weight excluding hydrogens is 1850 g/mol. The average molecular weight is 1930 g/mol. The van der Waals surface area contributed by atoms with Gasteiger partial charge in [0.25, 0.3) is 0 Å². The second-order valence-electron chi connectivity index (χ2n) is 36.8. The van der Waals surface area contributed by atoms with Crippen molar-refractivity contribution < 1.29 is 9.47 Å². The average Bonchev–Trinajstić information content (AvgIpc) is 0.703. The molecule has 0 N–H and O–H groups in total. The lowest BCUT2D eigenvalue weighted by atomic mass is 9.62. The Morgan fingerprint density at radius 2 is 0.476 bits per heavy atom. The molecule has 696 valence electrons. The van der Waals surface area contributed by atoms with E-state index in [1.807, 2.05) is 164 Å². The van der Waals surface area contributed by atoms with Crippen molar-refractivity contribution in [3.63, 3.8) is 0 Å². The van der Waals surface area contributed by atoms with Crippen LogP contribution in [0.5, 0.6) is 23.0 Å². The number of aromatic nitrogens is 12. The van der Waals surface area contributed by atoms with Gasteiger partial charge in [-0.2, -0.15) is 0 Å². The van der Waals surface area contributed by atoms with E-state index < -0.39 is 5.41 Å². The van der Waals surface area contributed by atoms with E-state index in [1.165, 1.54) is 75.7 Å². The molecule has 26 aromatic rings. The topological polar surface area (TPSA) is 154 Å². The molecule has 12 aromatic heterocycles. The standard InChI is InChI=1S/C41H26N4S.C30H22N4O.C28H18N4O.C28H18N4S/c1-5-16-35-30(12-1)41(32-14-3-7-19-38(32)46-39-20-8-4-15-33(39)41)31-13-2-6-17-36(31)44(35)27-21-22-34-29(25-27)40-37(18-10-24-43-40)45(34)28-11-9-23-42-26-28;1-19-7-10-25-28(15-19)35-29-16-20(2)8-11-26(29)33(25)21-9-12-24-23(17-21)30-27(6-4-14-32-30)34(24)22-5-3-13-31-18-22;2*1-3-11-26-23(8-1)31(24-9-2-4-12-27(24)33-26)19-13-14-22-21(17-19)28-25(10-6-16-30-28)32(22)20-7-5-15-29-18-20/h1-26H;3-18H,1-2H3;2*1-18H. The van der Waals surface area contributed by atoms with E-state index in [-0.39, 0.29) is 0 Å². The Kier molecular flexibility index (Phi) is 20.6. The fourth-order valence-corrected chi connectivity index (χ4v) is 24.5. The zero-order valence-corrected chi connectivity index (χ0v) is 81.0. The summed E-state index contributed by atoms with van der Waals surface area (Å²) in [4.78, 5) is 51.1. The van der Waals surface area contributed by atoms with E-state index in [0.717, 1.165) is 179 Å². The largest absolute Gasteiger partial charge is 0.453 e. The van der Waals surface area contributed by atoms with Gasteiger partial charge in [-0.15, -0.1) is 0 Å². The molecule has 5 aliphatic heterocycles. The van der Waals surface area contributed by atoms with Gasteiger partial charge in [-0.1, -0.05) is 157 Å². The zero-order chi connectivity index (χ0) is 97.3. The normalized spacial score (nSPS) is 13.0. The number of aryl methyl sites for hydroxylation is 2. The summed E-state index contributed by atoms with van der Waals surface area (Å²) < 4.78 is 21.5. The maximum absolute atomic E-state index is 6.35. The quantitative estimate of drug-likeness (QED) is 0.142. The lowest BCUT2D eigenvalue weighted by Gasteiger charge is -2.49. The molecule has 18 nitrogen and oxygen atoms in total. The fourth-order valence-electron chi connectivity index (χ4n) is 22.3. The van der Waals surface area contributed by atoms with Crippen molar-refractivity contribution in [3.05, 3.63) is 508 Å². The highest BCUT2D eigenvalue weighted by molar-refractivity contribution is 8.00. The van der Waals surface area contributed by atoms with Gasteiger partial charge < -0.3 is 47.3 Å². The van der Waals surface area contributed by atoms with Gasteiger partial charge in [0.1, 0.15) is 0 Å². The third-order valence-electron chi connectivity index (χ3n) is 28.4. The highest BCUT2D eigenvalue weighted by atomic mass is 32.2. The molecule has 14 aromatic carbocycles. The minimum Gasteiger partial charge on any atom is -0.453 e. The Balaban J connectivity index is 0.0000000957. The molecule has 20 heteroatoms. The Hall–Kier alpha value is -19.0. The maximum atomic E-state index is 6.35. The maximum Gasteiger partial charge on any atom is 0.151 e. The van der Waals surface area contributed by atoms with Gasteiger partial charge in [0.05, 0.1) is 165 Å². The van der Waals surface area contributed by atoms with Gasteiger partial charge in [-0.3, -0.25) is 39.9 Å². The Morgan fingerprint density at radius 1 is 0.204 bits per heavy atom. The van der Waals surface area contributed by atoms with Crippen molar-refractivity contribution in [3.8, 4) is 45.7 Å². The van der Waals surface area contributed by atoms with Gasteiger partial charge >= 0.3 is 0 Å². The lowest BCUT2D eigenvalue weighted by Crippen LogP contribution is -2.39. The van der Waals surface area contributed by atoms with E-state index >= 15 is 0 Å². The third-order valence-corrected chi connectivity index (χ3v) is 30.6. The van der Waals surface area contributed by atoms with Gasteiger partial charge in [0, 0.05) is 113 Å². The van der Waals surface area contributed by atoms with E-state index in [0.29, 0.717) is 0 Å². The van der Waals surface area contributed by atoms with Crippen LogP contribution in [-0.2, 0) is 5.41 Å². The number of ether oxygens (including phenoxy) is 2. The first kappa shape index (κ1) is 85.9. The molecular formula is C127H84N16O2S2. The van der Waals surface area contributed by atoms with Crippen molar-refractivity contribution in [1.82, 2.24) is 58.1 Å². The molecule has 0 atom stereocenters. The second-order valence-corrected chi connectivity index (χ2v) is 39.0. The zero-order valence-electron chi connectivity index (χ0n) is 79.3. The summed E-state index contributed by atoms with van der Waals surface area (Å²) >= 11 is 3.70. The fraction of sp³-hybridized carbons (Fsp3) is 0.0236. The van der Waals surface area contributed by atoms with E-state index in [4.69, 9.17) is 29.4 Å². The molecule has 0 fully saturated rings. The number of fused-ring (bicyclic) bond motifs is 26. The van der Waals surface area contributed by atoms with Crippen LogP contribution in [0.3, 0.4) is 0 Å². The summed E-state index contributed by atoms with van der Waals surface area (Å²) in [5, 5.41) is 4.42. The number of anilines is 12. The highest BCUT2D eigenvalue weighted by Gasteiger charge is 2.50. The number of benzene rings is 14. The van der Waals surface area contributed by atoms with Gasteiger partial charge in [0.15, 0.2) is 23.0 Å². The van der Waals surface area contributed by atoms with Crippen LogP contribution in [0.15, 0.2) is 494 Å². The van der Waals surface area contributed by atoms with Crippen LogP contribution in [-0.4, -0.2) is 58.1 Å². The lowest BCUT2D eigenvalue weighted by molar-refractivity contribution is 0.476. The molecule has 0 saturated carbocycles. The Morgan fingerprint density at radius 3 is 0.823 bits per heavy atom. The first-order valence-corrected chi connectivity index (χ1v) is 50.5. The molecule has 0 radical (unpaired) electrons. The SMILES string of the molecule is Cc1ccc2c(c1)Oc1cc(C)ccc1N2c1ccc2c(c1)c1ncccc1n2-c1cccnc1.c1cncc(-n2c3ccc(N4c5ccccc5C5(c6ccccc6Sc6ccccc65)c5ccccc54)cc3c3ncccc32)c1.c1cncc(-n2c3ccc(N4c5ccccc5Oc5ccccc54)cc3c3ncccc32)c1.c1cncc(-n2c3ccc(N4c5ccccc5Sc5ccccc54)cc3c3ncccc32)c1. The Bertz CT molecular complexity index is 9270. The molecule has 17 heterocycles. The van der Waals surface area contributed by atoms with Crippen LogP contribution >= 0.6 is 23.5 Å². The van der Waals surface area contributed by atoms with E-state index in [9.17, 15) is 0 Å². The second kappa shape index (κ2) is 35.3. The molecule has 0 unspecified atom stereocenters. The van der Waals surface area contributed by atoms with Crippen molar-refractivity contribution in [2.45, 2.75) is 38.8 Å².